The second-order valence-corrected chi connectivity index (χ2v) is 4.85. The van der Waals surface area contributed by atoms with E-state index in [1.807, 2.05) is 23.1 Å². The van der Waals surface area contributed by atoms with E-state index in [-0.39, 0.29) is 11.9 Å². The first-order valence-electron chi connectivity index (χ1n) is 6.30. The average molecular weight is 248 g/mol. The largest absolute Gasteiger partial charge is 0.497 e. The number of ether oxygens (including phenoxy) is 1. The Morgan fingerprint density at radius 3 is 2.94 bits per heavy atom. The SMILES string of the molecule is COc1cccc(C(=O)N2CC(C)NCC2C)c1. The Bertz CT molecular complexity index is 434. The summed E-state index contributed by atoms with van der Waals surface area (Å²) in [5.41, 5.74) is 0.690. The summed E-state index contributed by atoms with van der Waals surface area (Å²) in [7, 11) is 1.61. The van der Waals surface area contributed by atoms with Crippen LogP contribution in [0.25, 0.3) is 0 Å². The number of amides is 1. The van der Waals surface area contributed by atoms with Crippen molar-refractivity contribution in [3.05, 3.63) is 29.8 Å². The topological polar surface area (TPSA) is 41.6 Å². The Kier molecular flexibility index (Phi) is 3.87. The highest BCUT2D eigenvalue weighted by Crippen LogP contribution is 2.17. The molecule has 4 nitrogen and oxygen atoms in total. The number of nitrogens with zero attached hydrogens (tertiary/aromatic N) is 1. The van der Waals surface area contributed by atoms with E-state index in [1.54, 1.807) is 13.2 Å². The van der Waals surface area contributed by atoms with Crippen LogP contribution in [0.3, 0.4) is 0 Å². The van der Waals surface area contributed by atoms with Gasteiger partial charge in [-0.25, -0.2) is 0 Å². The van der Waals surface area contributed by atoms with Crippen molar-refractivity contribution in [2.24, 2.45) is 0 Å². The molecule has 2 atom stereocenters. The molecule has 0 saturated carbocycles. The van der Waals surface area contributed by atoms with Gasteiger partial charge < -0.3 is 15.0 Å². The van der Waals surface area contributed by atoms with Crippen LogP contribution in [0.5, 0.6) is 5.75 Å². The minimum absolute atomic E-state index is 0.0785. The number of benzene rings is 1. The van der Waals surface area contributed by atoms with Crippen molar-refractivity contribution in [3.63, 3.8) is 0 Å². The molecule has 2 unspecified atom stereocenters. The third-order valence-corrected chi connectivity index (χ3v) is 3.34. The molecule has 1 aromatic carbocycles. The summed E-state index contributed by atoms with van der Waals surface area (Å²) < 4.78 is 5.16. The summed E-state index contributed by atoms with van der Waals surface area (Å²) in [5, 5.41) is 3.37. The normalized spacial score (nSPS) is 23.8. The molecule has 1 N–H and O–H groups in total. The average Bonchev–Trinajstić information content (AvgIpc) is 2.41. The van der Waals surface area contributed by atoms with E-state index < -0.39 is 0 Å². The van der Waals surface area contributed by atoms with Crippen LogP contribution in [0.1, 0.15) is 24.2 Å². The number of rotatable bonds is 2. The summed E-state index contributed by atoms with van der Waals surface area (Å²) in [6.07, 6.45) is 0. The van der Waals surface area contributed by atoms with Crippen LogP contribution in [0.4, 0.5) is 0 Å². The molecular weight excluding hydrogens is 228 g/mol. The van der Waals surface area contributed by atoms with Gasteiger partial charge in [0.05, 0.1) is 7.11 Å². The van der Waals surface area contributed by atoms with E-state index in [0.29, 0.717) is 11.6 Å². The lowest BCUT2D eigenvalue weighted by Gasteiger charge is -2.37. The van der Waals surface area contributed by atoms with Crippen LogP contribution in [0.2, 0.25) is 0 Å². The molecular formula is C14H20N2O2. The van der Waals surface area contributed by atoms with Crippen LogP contribution in [0, 0.1) is 0 Å². The molecule has 18 heavy (non-hydrogen) atoms. The molecule has 1 saturated heterocycles. The lowest BCUT2D eigenvalue weighted by atomic mass is 10.1. The van der Waals surface area contributed by atoms with E-state index in [2.05, 4.69) is 19.2 Å². The minimum Gasteiger partial charge on any atom is -0.497 e. The van der Waals surface area contributed by atoms with E-state index in [9.17, 15) is 4.79 Å². The number of nitrogens with one attached hydrogen (secondary N) is 1. The Morgan fingerprint density at radius 2 is 2.22 bits per heavy atom. The van der Waals surface area contributed by atoms with Gasteiger partial charge in [0.1, 0.15) is 5.75 Å². The molecule has 1 amide bonds. The zero-order valence-electron chi connectivity index (χ0n) is 11.1. The molecule has 1 heterocycles. The van der Waals surface area contributed by atoms with E-state index in [4.69, 9.17) is 4.74 Å². The predicted molar refractivity (Wildman–Crippen MR) is 71.0 cm³/mol. The van der Waals surface area contributed by atoms with Gasteiger partial charge in [0, 0.05) is 30.7 Å². The number of hydrogen-bond donors (Lipinski definition) is 1. The molecule has 0 bridgehead atoms. The molecule has 2 rings (SSSR count). The number of carbonyl (C=O) groups excluding carboxylic acids is 1. The van der Waals surface area contributed by atoms with Gasteiger partial charge in [-0.1, -0.05) is 6.07 Å². The van der Waals surface area contributed by atoms with Crippen molar-refractivity contribution < 1.29 is 9.53 Å². The van der Waals surface area contributed by atoms with E-state index in [0.717, 1.165) is 18.8 Å². The maximum Gasteiger partial charge on any atom is 0.254 e. The highest BCUT2D eigenvalue weighted by molar-refractivity contribution is 5.95. The molecule has 0 aromatic heterocycles. The van der Waals surface area contributed by atoms with Gasteiger partial charge >= 0.3 is 0 Å². The van der Waals surface area contributed by atoms with Gasteiger partial charge in [-0.3, -0.25) is 4.79 Å². The number of carbonyl (C=O) groups is 1. The number of hydrogen-bond acceptors (Lipinski definition) is 3. The van der Waals surface area contributed by atoms with Crippen molar-refractivity contribution in [2.75, 3.05) is 20.2 Å². The summed E-state index contributed by atoms with van der Waals surface area (Å²) in [6, 6.07) is 7.89. The first-order valence-corrected chi connectivity index (χ1v) is 6.30. The smallest absolute Gasteiger partial charge is 0.254 e. The van der Waals surface area contributed by atoms with Crippen molar-refractivity contribution >= 4 is 5.91 Å². The molecule has 1 aliphatic heterocycles. The van der Waals surface area contributed by atoms with Crippen LogP contribution < -0.4 is 10.1 Å². The van der Waals surface area contributed by atoms with Gasteiger partial charge in [0.25, 0.3) is 5.91 Å². The molecule has 1 aliphatic rings. The third kappa shape index (κ3) is 2.64. The number of piperazine rings is 1. The Morgan fingerprint density at radius 1 is 1.44 bits per heavy atom. The molecule has 1 aromatic rings. The second-order valence-electron chi connectivity index (χ2n) is 4.85. The lowest BCUT2D eigenvalue weighted by molar-refractivity contribution is 0.0616. The highest BCUT2D eigenvalue weighted by atomic mass is 16.5. The molecule has 0 spiro atoms. The molecule has 1 fully saturated rings. The Labute approximate surface area is 108 Å². The van der Waals surface area contributed by atoms with Crippen LogP contribution in [0.15, 0.2) is 24.3 Å². The van der Waals surface area contributed by atoms with Crippen LogP contribution >= 0.6 is 0 Å². The minimum atomic E-state index is 0.0785. The third-order valence-electron chi connectivity index (χ3n) is 3.34. The fourth-order valence-electron chi connectivity index (χ4n) is 2.23. The van der Waals surface area contributed by atoms with Crippen molar-refractivity contribution in [2.45, 2.75) is 25.9 Å². The van der Waals surface area contributed by atoms with Gasteiger partial charge in [-0.15, -0.1) is 0 Å². The molecule has 98 valence electrons. The molecule has 0 aliphatic carbocycles. The highest BCUT2D eigenvalue weighted by Gasteiger charge is 2.27. The van der Waals surface area contributed by atoms with Gasteiger partial charge in [-0.05, 0) is 32.0 Å². The van der Waals surface area contributed by atoms with Gasteiger partial charge in [-0.2, -0.15) is 0 Å². The predicted octanol–water partition coefficient (Wildman–Crippen LogP) is 1.52. The summed E-state index contributed by atoms with van der Waals surface area (Å²) in [5.74, 6) is 0.798. The lowest BCUT2D eigenvalue weighted by Crippen LogP contribution is -2.56. The summed E-state index contributed by atoms with van der Waals surface area (Å²) >= 11 is 0. The standard InChI is InChI=1S/C14H20N2O2/c1-10-9-16(11(2)8-15-10)14(17)12-5-4-6-13(7-12)18-3/h4-7,10-11,15H,8-9H2,1-3H3. The quantitative estimate of drug-likeness (QED) is 0.862. The summed E-state index contributed by atoms with van der Waals surface area (Å²) in [4.78, 5) is 14.4. The molecule has 4 heteroatoms. The molecule has 0 radical (unpaired) electrons. The Balaban J connectivity index is 2.18. The zero-order chi connectivity index (χ0) is 13.1. The van der Waals surface area contributed by atoms with Gasteiger partial charge in [0.15, 0.2) is 0 Å². The summed E-state index contributed by atoms with van der Waals surface area (Å²) in [6.45, 7) is 5.75. The number of methoxy groups -OCH3 is 1. The van der Waals surface area contributed by atoms with Crippen molar-refractivity contribution in [1.29, 1.82) is 0 Å². The van der Waals surface area contributed by atoms with Crippen molar-refractivity contribution in [1.82, 2.24) is 10.2 Å². The van der Waals surface area contributed by atoms with Crippen LogP contribution in [-0.4, -0.2) is 43.1 Å². The maximum atomic E-state index is 12.5. The Hall–Kier alpha value is -1.55. The van der Waals surface area contributed by atoms with Gasteiger partial charge in [0.2, 0.25) is 0 Å². The van der Waals surface area contributed by atoms with Crippen molar-refractivity contribution in [3.8, 4) is 5.75 Å². The fraction of sp³-hybridized carbons (Fsp3) is 0.500. The fourth-order valence-corrected chi connectivity index (χ4v) is 2.23. The maximum absolute atomic E-state index is 12.5. The van der Waals surface area contributed by atoms with E-state index >= 15 is 0 Å². The first kappa shape index (κ1) is 12.9. The van der Waals surface area contributed by atoms with E-state index in [1.165, 1.54) is 0 Å². The monoisotopic (exact) mass is 248 g/mol. The second kappa shape index (κ2) is 5.40. The first-order chi connectivity index (χ1) is 8.61. The van der Waals surface area contributed by atoms with Crippen LogP contribution in [-0.2, 0) is 0 Å². The zero-order valence-corrected chi connectivity index (χ0v) is 11.1.